The van der Waals surface area contributed by atoms with Crippen LogP contribution in [0.2, 0.25) is 0 Å². The lowest BCUT2D eigenvalue weighted by atomic mass is 10.0. The number of anilines is 1. The van der Waals surface area contributed by atoms with Crippen LogP contribution in [0.5, 0.6) is 5.75 Å². The summed E-state index contributed by atoms with van der Waals surface area (Å²) < 4.78 is 46.5. The number of halogens is 2. The minimum absolute atomic E-state index is 0.0192. The van der Waals surface area contributed by atoms with Crippen molar-refractivity contribution in [3.63, 3.8) is 0 Å². The average Bonchev–Trinajstić information content (AvgIpc) is 3.09. The zero-order chi connectivity index (χ0) is 20.1. The second-order valence-corrected chi connectivity index (χ2v) is 8.57. The molecule has 1 aliphatic heterocycles. The first-order valence-corrected chi connectivity index (χ1v) is 10.3. The lowest BCUT2D eigenvalue weighted by molar-refractivity contribution is 0.0700. The highest BCUT2D eigenvalue weighted by Gasteiger charge is 2.25. The van der Waals surface area contributed by atoms with E-state index in [9.17, 15) is 22.7 Å². The van der Waals surface area contributed by atoms with Crippen LogP contribution in [0.15, 0.2) is 45.9 Å². The van der Waals surface area contributed by atoms with Gasteiger partial charge in [-0.05, 0) is 40.2 Å². The van der Waals surface area contributed by atoms with Crippen LogP contribution in [-0.2, 0) is 16.4 Å². The Balaban J connectivity index is 1.86. The summed E-state index contributed by atoms with van der Waals surface area (Å²) in [4.78, 5) is 15.9. The molecule has 10 heteroatoms. The highest BCUT2D eigenvalue weighted by molar-refractivity contribution is 9.10. The van der Waals surface area contributed by atoms with Gasteiger partial charge in [-0.15, -0.1) is 0 Å². The molecule has 144 valence electrons. The second-order valence-electron chi connectivity index (χ2n) is 6.07. The molecule has 0 radical (unpaired) electrons. The molecule has 2 heterocycles. The summed E-state index contributed by atoms with van der Waals surface area (Å²) >= 11 is 3.02. The van der Waals surface area contributed by atoms with Crippen molar-refractivity contribution in [3.8, 4) is 5.75 Å². The highest BCUT2D eigenvalue weighted by atomic mass is 79.9. The van der Waals surface area contributed by atoms with Crippen molar-refractivity contribution in [2.45, 2.75) is 11.3 Å². The molecular weight excluding hydrogens is 455 g/mol. The number of rotatable bonds is 4. The molecule has 28 heavy (non-hydrogen) atoms. The fraction of sp³-hybridized carbons (Fsp3) is 0.111. The summed E-state index contributed by atoms with van der Waals surface area (Å²) in [5, 5.41) is 10.3. The number of nitrogens with zero attached hydrogens (tertiary/aromatic N) is 1. The molecule has 0 saturated heterocycles. The van der Waals surface area contributed by atoms with Crippen LogP contribution in [0.4, 0.5) is 10.1 Å². The van der Waals surface area contributed by atoms with Crippen molar-refractivity contribution in [3.05, 3.63) is 57.9 Å². The van der Waals surface area contributed by atoms with Gasteiger partial charge in [-0.2, -0.15) is 0 Å². The second kappa shape index (κ2) is 6.71. The molecule has 1 aromatic heterocycles. The van der Waals surface area contributed by atoms with Crippen LogP contribution >= 0.6 is 15.9 Å². The van der Waals surface area contributed by atoms with E-state index in [1.807, 2.05) is 0 Å². The quantitative estimate of drug-likeness (QED) is 0.608. The molecule has 1 aliphatic rings. The van der Waals surface area contributed by atoms with Gasteiger partial charge in [-0.3, -0.25) is 9.71 Å². The van der Waals surface area contributed by atoms with E-state index in [-0.39, 0.29) is 26.1 Å². The van der Waals surface area contributed by atoms with E-state index in [0.29, 0.717) is 24.2 Å². The molecule has 3 aromatic rings. The number of benzene rings is 2. The van der Waals surface area contributed by atoms with Crippen molar-refractivity contribution >= 4 is 48.5 Å². The molecule has 0 bridgehead atoms. The van der Waals surface area contributed by atoms with Gasteiger partial charge in [0, 0.05) is 21.8 Å². The molecule has 7 nitrogen and oxygen atoms in total. The van der Waals surface area contributed by atoms with Crippen molar-refractivity contribution in [1.29, 1.82) is 0 Å². The maximum Gasteiger partial charge on any atom is 0.340 e. The number of ether oxygens (including phenoxy) is 1. The van der Waals surface area contributed by atoms with Gasteiger partial charge in [-0.25, -0.2) is 17.6 Å². The third-order valence-electron chi connectivity index (χ3n) is 4.36. The van der Waals surface area contributed by atoms with Gasteiger partial charge in [0.15, 0.2) is 0 Å². The number of pyridine rings is 1. The normalized spacial score (nSPS) is 13.2. The zero-order valence-electron chi connectivity index (χ0n) is 14.1. The number of nitrogens with one attached hydrogen (secondary N) is 1. The SMILES string of the molecule is O=C(O)c1c(NS(=O)(=O)c2ccc(F)cc2Br)ccc2c3c(cnc12)OCC3. The Hall–Kier alpha value is -2.72. The molecule has 0 aliphatic carbocycles. The van der Waals surface area contributed by atoms with E-state index in [2.05, 4.69) is 25.6 Å². The molecule has 0 amide bonds. The Morgan fingerprint density at radius 2 is 2.07 bits per heavy atom. The van der Waals surface area contributed by atoms with E-state index in [1.54, 1.807) is 6.07 Å². The Morgan fingerprint density at radius 1 is 1.29 bits per heavy atom. The zero-order valence-corrected chi connectivity index (χ0v) is 16.5. The summed E-state index contributed by atoms with van der Waals surface area (Å²) in [6, 6.07) is 6.09. The number of carboxylic acid groups (broad SMARTS) is 1. The van der Waals surface area contributed by atoms with E-state index in [0.717, 1.165) is 23.8 Å². The molecule has 0 spiro atoms. The number of fused-ring (bicyclic) bond motifs is 3. The molecule has 4 rings (SSSR count). The highest BCUT2D eigenvalue weighted by Crippen LogP contribution is 2.35. The number of hydrogen-bond acceptors (Lipinski definition) is 5. The van der Waals surface area contributed by atoms with Crippen molar-refractivity contribution in [2.24, 2.45) is 0 Å². The minimum Gasteiger partial charge on any atom is -0.491 e. The Morgan fingerprint density at radius 3 is 2.79 bits per heavy atom. The van der Waals surface area contributed by atoms with Crippen molar-refractivity contribution in [1.82, 2.24) is 4.98 Å². The van der Waals surface area contributed by atoms with Crippen LogP contribution in [0.25, 0.3) is 10.9 Å². The van der Waals surface area contributed by atoms with E-state index >= 15 is 0 Å². The van der Waals surface area contributed by atoms with Crippen LogP contribution < -0.4 is 9.46 Å². The van der Waals surface area contributed by atoms with Gasteiger partial charge in [0.25, 0.3) is 10.0 Å². The number of sulfonamides is 1. The van der Waals surface area contributed by atoms with Gasteiger partial charge in [0.05, 0.1) is 24.0 Å². The van der Waals surface area contributed by atoms with Crippen LogP contribution in [-0.4, -0.2) is 31.1 Å². The molecule has 0 fully saturated rings. The molecule has 0 unspecified atom stereocenters. The Kier molecular flexibility index (Phi) is 4.47. The van der Waals surface area contributed by atoms with Crippen LogP contribution in [0, 0.1) is 5.82 Å². The predicted molar refractivity (Wildman–Crippen MR) is 103 cm³/mol. The van der Waals surface area contributed by atoms with Gasteiger partial charge in [-0.1, -0.05) is 6.07 Å². The summed E-state index contributed by atoms with van der Waals surface area (Å²) in [7, 11) is -4.18. The lowest BCUT2D eigenvalue weighted by Gasteiger charge is -2.14. The smallest absolute Gasteiger partial charge is 0.340 e. The fourth-order valence-corrected chi connectivity index (χ4v) is 5.26. The fourth-order valence-electron chi connectivity index (χ4n) is 3.14. The first-order chi connectivity index (χ1) is 13.3. The maximum absolute atomic E-state index is 13.3. The van der Waals surface area contributed by atoms with E-state index < -0.39 is 21.8 Å². The first-order valence-electron chi connectivity index (χ1n) is 8.06. The van der Waals surface area contributed by atoms with Crippen molar-refractivity contribution < 1.29 is 27.4 Å². The number of carbonyl (C=O) groups is 1. The maximum atomic E-state index is 13.3. The Bertz CT molecular complexity index is 1250. The van der Waals surface area contributed by atoms with Gasteiger partial charge in [0.1, 0.15) is 22.0 Å². The van der Waals surface area contributed by atoms with Crippen LogP contribution in [0.3, 0.4) is 0 Å². The number of hydrogen-bond donors (Lipinski definition) is 2. The minimum atomic E-state index is -4.18. The van der Waals surface area contributed by atoms with Gasteiger partial charge < -0.3 is 9.84 Å². The summed E-state index contributed by atoms with van der Waals surface area (Å²) in [5.74, 6) is -1.34. The van der Waals surface area contributed by atoms with E-state index in [4.69, 9.17) is 4.74 Å². The number of aromatic carboxylic acids is 1. The lowest BCUT2D eigenvalue weighted by Crippen LogP contribution is -2.16. The molecule has 2 N–H and O–H groups in total. The predicted octanol–water partition coefficient (Wildman–Crippen LogP) is 3.57. The monoisotopic (exact) mass is 466 g/mol. The number of aromatic nitrogens is 1. The third kappa shape index (κ3) is 3.08. The largest absolute Gasteiger partial charge is 0.491 e. The van der Waals surface area contributed by atoms with Gasteiger partial charge in [0.2, 0.25) is 0 Å². The molecule has 2 aromatic carbocycles. The van der Waals surface area contributed by atoms with Crippen LogP contribution in [0.1, 0.15) is 15.9 Å². The molecule has 0 saturated carbocycles. The standard InChI is InChI=1S/C18H12BrFN2O5S/c19-12-7-9(20)1-4-15(12)28(25,26)22-13-3-2-11-10-5-6-27-14(10)8-21-17(11)16(13)18(23)24/h1-4,7-8,22H,5-6H2,(H,23,24). The summed E-state index contributed by atoms with van der Waals surface area (Å²) in [6.07, 6.45) is 2.05. The summed E-state index contributed by atoms with van der Waals surface area (Å²) in [6.45, 7) is 0.478. The number of carboxylic acids is 1. The molecule has 0 atom stereocenters. The molecular formula is C18H12BrFN2O5S. The van der Waals surface area contributed by atoms with Crippen molar-refractivity contribution in [2.75, 3.05) is 11.3 Å². The average molecular weight is 467 g/mol. The Labute approximate surface area is 167 Å². The first kappa shape index (κ1) is 18.6. The van der Waals surface area contributed by atoms with E-state index in [1.165, 1.54) is 12.3 Å². The van der Waals surface area contributed by atoms with Gasteiger partial charge >= 0.3 is 5.97 Å². The topological polar surface area (TPSA) is 106 Å². The summed E-state index contributed by atoms with van der Waals surface area (Å²) in [5.41, 5.74) is 0.593. The third-order valence-corrected chi connectivity index (χ3v) is 6.70.